The monoisotopic (exact) mass is 347 g/mol. The Hall–Kier alpha value is -2.22. The number of carbonyl (C=O) groups excluding carboxylic acids is 1. The molecule has 136 valence electrons. The summed E-state index contributed by atoms with van der Waals surface area (Å²) in [5.41, 5.74) is 1.27. The molecule has 0 spiro atoms. The fraction of sp³-hybridized carbons (Fsp3) is 0.647. The molecule has 0 radical (unpaired) electrons. The van der Waals surface area contributed by atoms with E-state index < -0.39 is 0 Å². The maximum absolute atomic E-state index is 12.7. The zero-order valence-corrected chi connectivity index (χ0v) is 15.3. The first kappa shape index (κ1) is 17.6. The van der Waals surface area contributed by atoms with E-state index in [0.29, 0.717) is 31.3 Å². The second-order valence-corrected chi connectivity index (χ2v) is 6.75. The first-order valence-corrected chi connectivity index (χ1v) is 8.55. The Morgan fingerprint density at radius 3 is 2.60 bits per heavy atom. The Labute approximate surface area is 147 Å². The summed E-state index contributed by atoms with van der Waals surface area (Å²) in [6, 6.07) is 1.83. The number of piperidine rings is 1. The minimum Gasteiger partial charge on any atom is -0.385 e. The molecule has 0 bridgehead atoms. The van der Waals surface area contributed by atoms with Crippen LogP contribution in [0.25, 0.3) is 0 Å². The third-order valence-corrected chi connectivity index (χ3v) is 5.13. The number of carbonyl (C=O) groups is 1. The van der Waals surface area contributed by atoms with Crippen molar-refractivity contribution in [2.45, 2.75) is 38.5 Å². The highest BCUT2D eigenvalue weighted by Gasteiger charge is 2.41. The normalized spacial score (nSPS) is 17.0. The van der Waals surface area contributed by atoms with E-state index in [0.717, 1.165) is 30.8 Å². The van der Waals surface area contributed by atoms with Crippen LogP contribution in [0, 0.1) is 13.8 Å². The van der Waals surface area contributed by atoms with Gasteiger partial charge >= 0.3 is 0 Å². The maximum Gasteiger partial charge on any atom is 0.274 e. The molecule has 2 aromatic rings. The molecule has 0 N–H and O–H groups in total. The molecule has 1 aliphatic rings. The third-order valence-electron chi connectivity index (χ3n) is 5.13. The van der Waals surface area contributed by atoms with E-state index in [1.54, 1.807) is 18.7 Å². The number of amides is 1. The van der Waals surface area contributed by atoms with Gasteiger partial charge in [-0.25, -0.2) is 0 Å². The van der Waals surface area contributed by atoms with Crippen LogP contribution in [0.1, 0.15) is 47.2 Å². The zero-order chi connectivity index (χ0) is 18.0. The van der Waals surface area contributed by atoms with Crippen LogP contribution < -0.4 is 0 Å². The van der Waals surface area contributed by atoms with E-state index in [2.05, 4.69) is 15.2 Å². The molecular formula is C17H25N5O3. The molecule has 3 heterocycles. The van der Waals surface area contributed by atoms with Crippen LogP contribution in [0.4, 0.5) is 0 Å². The van der Waals surface area contributed by atoms with Crippen LogP contribution in [-0.4, -0.2) is 57.5 Å². The topological polar surface area (TPSA) is 86.3 Å². The number of methoxy groups -OCH3 is 1. The van der Waals surface area contributed by atoms with Crippen molar-refractivity contribution in [1.29, 1.82) is 0 Å². The number of nitrogens with zero attached hydrogens (tertiary/aromatic N) is 5. The van der Waals surface area contributed by atoms with Crippen molar-refractivity contribution in [3.63, 3.8) is 0 Å². The van der Waals surface area contributed by atoms with Crippen LogP contribution >= 0.6 is 0 Å². The minimum atomic E-state index is -0.204. The molecule has 2 aromatic heterocycles. The second-order valence-electron chi connectivity index (χ2n) is 6.75. The second kappa shape index (κ2) is 6.95. The highest BCUT2D eigenvalue weighted by atomic mass is 16.5. The lowest BCUT2D eigenvalue weighted by atomic mass is 9.75. The van der Waals surface area contributed by atoms with Gasteiger partial charge < -0.3 is 14.2 Å². The molecule has 0 saturated carbocycles. The van der Waals surface area contributed by atoms with Gasteiger partial charge in [0, 0.05) is 51.9 Å². The lowest BCUT2D eigenvalue weighted by Crippen LogP contribution is -2.46. The smallest absolute Gasteiger partial charge is 0.274 e. The predicted molar refractivity (Wildman–Crippen MR) is 90.3 cm³/mol. The molecule has 1 saturated heterocycles. The fourth-order valence-electron chi connectivity index (χ4n) is 3.36. The Bertz CT molecular complexity index is 724. The molecule has 8 nitrogen and oxygen atoms in total. The van der Waals surface area contributed by atoms with Crippen molar-refractivity contribution in [3.8, 4) is 0 Å². The molecule has 1 fully saturated rings. The molecule has 1 aliphatic heterocycles. The van der Waals surface area contributed by atoms with E-state index in [1.807, 2.05) is 24.9 Å². The van der Waals surface area contributed by atoms with Gasteiger partial charge in [-0.15, -0.1) is 0 Å². The summed E-state index contributed by atoms with van der Waals surface area (Å²) in [7, 11) is 3.54. The van der Waals surface area contributed by atoms with Gasteiger partial charge in [-0.1, -0.05) is 5.16 Å². The Morgan fingerprint density at radius 1 is 1.36 bits per heavy atom. The maximum atomic E-state index is 12.7. The summed E-state index contributed by atoms with van der Waals surface area (Å²) in [5.74, 6) is 1.27. The Morgan fingerprint density at radius 2 is 2.08 bits per heavy atom. The lowest BCUT2D eigenvalue weighted by molar-refractivity contribution is 0.0610. The number of hydrogen-bond acceptors (Lipinski definition) is 6. The predicted octanol–water partition coefficient (Wildman–Crippen LogP) is 1.63. The number of aryl methyl sites for hydroxylation is 3. The number of rotatable bonds is 5. The number of ether oxygens (including phenoxy) is 1. The SMILES string of the molecule is COCCC1(c2noc(C)n2)CCN(C(=O)c2cc(C)n(C)n2)CC1. The molecule has 0 unspecified atom stereocenters. The van der Waals surface area contributed by atoms with Gasteiger partial charge in [0.1, 0.15) is 0 Å². The highest BCUT2D eigenvalue weighted by Crippen LogP contribution is 2.37. The fourth-order valence-corrected chi connectivity index (χ4v) is 3.36. The van der Waals surface area contributed by atoms with Crippen molar-refractivity contribution in [1.82, 2.24) is 24.8 Å². The van der Waals surface area contributed by atoms with Crippen LogP contribution in [0.15, 0.2) is 10.6 Å². The van der Waals surface area contributed by atoms with Gasteiger partial charge in [0.15, 0.2) is 11.5 Å². The highest BCUT2D eigenvalue weighted by molar-refractivity contribution is 5.92. The number of hydrogen-bond donors (Lipinski definition) is 0. The zero-order valence-electron chi connectivity index (χ0n) is 15.3. The Kier molecular flexibility index (Phi) is 4.89. The molecule has 0 aromatic carbocycles. The van der Waals surface area contributed by atoms with E-state index in [-0.39, 0.29) is 11.3 Å². The van der Waals surface area contributed by atoms with Crippen LogP contribution in [0.3, 0.4) is 0 Å². The van der Waals surface area contributed by atoms with Crippen molar-refractivity contribution in [3.05, 3.63) is 29.2 Å². The summed E-state index contributed by atoms with van der Waals surface area (Å²) < 4.78 is 12.2. The molecule has 3 rings (SSSR count). The van der Waals surface area contributed by atoms with Crippen LogP contribution in [0.2, 0.25) is 0 Å². The van der Waals surface area contributed by atoms with Crippen molar-refractivity contribution in [2.24, 2.45) is 7.05 Å². The molecule has 25 heavy (non-hydrogen) atoms. The Balaban J connectivity index is 1.74. The van der Waals surface area contributed by atoms with Gasteiger partial charge in [0.25, 0.3) is 5.91 Å². The van der Waals surface area contributed by atoms with Crippen LogP contribution in [-0.2, 0) is 17.2 Å². The average Bonchev–Trinajstić information content (AvgIpc) is 3.19. The largest absolute Gasteiger partial charge is 0.385 e. The molecule has 0 atom stereocenters. The van der Waals surface area contributed by atoms with Gasteiger partial charge in [-0.3, -0.25) is 9.48 Å². The van der Waals surface area contributed by atoms with Gasteiger partial charge in [-0.05, 0) is 32.3 Å². The van der Waals surface area contributed by atoms with Crippen LogP contribution in [0.5, 0.6) is 0 Å². The first-order valence-electron chi connectivity index (χ1n) is 8.55. The van der Waals surface area contributed by atoms with Crippen molar-refractivity contribution in [2.75, 3.05) is 26.8 Å². The van der Waals surface area contributed by atoms with Crippen molar-refractivity contribution >= 4 is 5.91 Å². The quantitative estimate of drug-likeness (QED) is 0.817. The summed E-state index contributed by atoms with van der Waals surface area (Å²) in [6.45, 7) is 5.65. The number of likely N-dealkylation sites (tertiary alicyclic amines) is 1. The number of aromatic nitrogens is 4. The average molecular weight is 347 g/mol. The van der Waals surface area contributed by atoms with E-state index in [9.17, 15) is 4.79 Å². The third kappa shape index (κ3) is 3.44. The summed E-state index contributed by atoms with van der Waals surface area (Å²) >= 11 is 0. The van der Waals surface area contributed by atoms with E-state index >= 15 is 0 Å². The first-order chi connectivity index (χ1) is 11.9. The van der Waals surface area contributed by atoms with Crippen molar-refractivity contribution < 1.29 is 14.1 Å². The minimum absolute atomic E-state index is 0.0201. The summed E-state index contributed by atoms with van der Waals surface area (Å²) in [5, 5.41) is 8.45. The molecule has 8 heteroatoms. The van der Waals surface area contributed by atoms with E-state index in [4.69, 9.17) is 9.26 Å². The molecular weight excluding hydrogens is 322 g/mol. The lowest BCUT2D eigenvalue weighted by Gasteiger charge is -2.39. The standard InChI is InChI=1S/C17H25N5O3/c1-12-11-14(19-21(12)3)15(23)22-8-5-17(6-9-22,7-10-24-4)16-18-13(2)25-20-16/h11H,5-10H2,1-4H3. The summed E-state index contributed by atoms with van der Waals surface area (Å²) in [6.07, 6.45) is 2.38. The van der Waals surface area contributed by atoms with Gasteiger partial charge in [0.2, 0.25) is 5.89 Å². The summed E-state index contributed by atoms with van der Waals surface area (Å²) in [4.78, 5) is 19.0. The van der Waals surface area contributed by atoms with Gasteiger partial charge in [0.05, 0.1) is 0 Å². The van der Waals surface area contributed by atoms with Gasteiger partial charge in [-0.2, -0.15) is 10.1 Å². The van der Waals surface area contributed by atoms with E-state index in [1.165, 1.54) is 0 Å². The molecule has 0 aliphatic carbocycles. The molecule has 1 amide bonds.